The molecule has 1 aromatic heterocycles. The van der Waals surface area contributed by atoms with Gasteiger partial charge in [-0.3, -0.25) is 4.98 Å². The zero-order chi connectivity index (χ0) is 11.5. The Kier molecular flexibility index (Phi) is 8.78. The van der Waals surface area contributed by atoms with Crippen LogP contribution in [0, 0.1) is 0 Å². The highest BCUT2D eigenvalue weighted by molar-refractivity contribution is 6.17. The SMILES string of the molecule is CCCCCCl.O=C(O)c1ccncc1. The maximum absolute atomic E-state index is 10.2. The van der Waals surface area contributed by atoms with Crippen molar-refractivity contribution in [3.8, 4) is 0 Å². The number of pyridine rings is 1. The van der Waals surface area contributed by atoms with Gasteiger partial charge in [-0.1, -0.05) is 19.8 Å². The van der Waals surface area contributed by atoms with Gasteiger partial charge in [0, 0.05) is 18.3 Å². The second-order valence-corrected chi connectivity index (χ2v) is 3.32. The molecule has 1 heterocycles. The molecule has 0 atom stereocenters. The minimum absolute atomic E-state index is 0.269. The van der Waals surface area contributed by atoms with Gasteiger partial charge in [-0.25, -0.2) is 4.79 Å². The van der Waals surface area contributed by atoms with Gasteiger partial charge in [0.1, 0.15) is 0 Å². The molecule has 0 aromatic carbocycles. The van der Waals surface area contributed by atoms with Crippen LogP contribution in [0.25, 0.3) is 0 Å². The quantitative estimate of drug-likeness (QED) is 0.637. The summed E-state index contributed by atoms with van der Waals surface area (Å²) < 4.78 is 0. The number of rotatable bonds is 4. The summed E-state index contributed by atoms with van der Waals surface area (Å²) in [7, 11) is 0. The van der Waals surface area contributed by atoms with Gasteiger partial charge in [0.25, 0.3) is 0 Å². The molecule has 0 aliphatic heterocycles. The second kappa shape index (κ2) is 9.46. The lowest BCUT2D eigenvalue weighted by Gasteiger charge is -1.87. The lowest BCUT2D eigenvalue weighted by atomic mass is 10.3. The van der Waals surface area contributed by atoms with Crippen molar-refractivity contribution in [3.05, 3.63) is 30.1 Å². The summed E-state index contributed by atoms with van der Waals surface area (Å²) in [5, 5.41) is 8.36. The molecule has 0 aliphatic carbocycles. The van der Waals surface area contributed by atoms with Crippen LogP contribution in [-0.2, 0) is 0 Å². The van der Waals surface area contributed by atoms with Crippen molar-refractivity contribution >= 4 is 17.6 Å². The topological polar surface area (TPSA) is 50.2 Å². The molecule has 0 saturated carbocycles. The predicted molar refractivity (Wildman–Crippen MR) is 61.4 cm³/mol. The van der Waals surface area contributed by atoms with E-state index in [9.17, 15) is 4.79 Å². The maximum atomic E-state index is 10.2. The number of hydrogen-bond donors (Lipinski definition) is 1. The highest BCUT2D eigenvalue weighted by atomic mass is 35.5. The van der Waals surface area contributed by atoms with Crippen LogP contribution >= 0.6 is 11.6 Å². The fourth-order valence-electron chi connectivity index (χ4n) is 0.839. The van der Waals surface area contributed by atoms with Crippen LogP contribution in [0.4, 0.5) is 0 Å². The summed E-state index contributed by atoms with van der Waals surface area (Å²) in [5.41, 5.74) is 0.269. The van der Waals surface area contributed by atoms with E-state index < -0.39 is 5.97 Å². The first-order chi connectivity index (χ1) is 7.22. The molecule has 84 valence electrons. The van der Waals surface area contributed by atoms with E-state index in [1.165, 1.54) is 43.8 Å². The number of aromatic carboxylic acids is 1. The normalized spacial score (nSPS) is 8.93. The molecule has 1 aromatic rings. The van der Waals surface area contributed by atoms with Crippen molar-refractivity contribution in [2.24, 2.45) is 0 Å². The molecule has 15 heavy (non-hydrogen) atoms. The van der Waals surface area contributed by atoms with E-state index >= 15 is 0 Å². The predicted octanol–water partition coefficient (Wildman–Crippen LogP) is 3.20. The molecule has 0 radical (unpaired) electrons. The van der Waals surface area contributed by atoms with Crippen molar-refractivity contribution in [1.29, 1.82) is 0 Å². The molecule has 3 nitrogen and oxygen atoms in total. The zero-order valence-electron chi connectivity index (χ0n) is 8.82. The average molecular weight is 230 g/mol. The van der Waals surface area contributed by atoms with Crippen molar-refractivity contribution in [2.45, 2.75) is 26.2 Å². The number of nitrogens with zero attached hydrogens (tertiary/aromatic N) is 1. The molecule has 1 rings (SSSR count). The minimum atomic E-state index is -0.919. The summed E-state index contributed by atoms with van der Waals surface area (Å²) in [5.74, 6) is -0.0919. The number of carbonyl (C=O) groups is 1. The van der Waals surface area contributed by atoms with E-state index in [0.29, 0.717) is 0 Å². The van der Waals surface area contributed by atoms with E-state index in [4.69, 9.17) is 16.7 Å². The molecule has 0 amide bonds. The monoisotopic (exact) mass is 229 g/mol. The first kappa shape index (κ1) is 13.9. The maximum Gasteiger partial charge on any atom is 0.335 e. The first-order valence-electron chi connectivity index (χ1n) is 4.91. The molecule has 0 aliphatic rings. The summed E-state index contributed by atoms with van der Waals surface area (Å²) >= 11 is 5.38. The van der Waals surface area contributed by atoms with Gasteiger partial charge in [0.2, 0.25) is 0 Å². The van der Waals surface area contributed by atoms with Crippen molar-refractivity contribution in [2.75, 3.05) is 5.88 Å². The van der Waals surface area contributed by atoms with Crippen molar-refractivity contribution in [3.63, 3.8) is 0 Å². The van der Waals surface area contributed by atoms with Crippen molar-refractivity contribution < 1.29 is 9.90 Å². The van der Waals surface area contributed by atoms with Gasteiger partial charge in [-0.15, -0.1) is 11.6 Å². The molecule has 0 fully saturated rings. The van der Waals surface area contributed by atoms with Gasteiger partial charge >= 0.3 is 5.97 Å². The third-order valence-electron chi connectivity index (χ3n) is 1.66. The van der Waals surface area contributed by atoms with Crippen LogP contribution < -0.4 is 0 Å². The Bertz CT molecular complexity index is 261. The van der Waals surface area contributed by atoms with Crippen LogP contribution in [0.5, 0.6) is 0 Å². The fourth-order valence-corrected chi connectivity index (χ4v) is 1.03. The highest BCUT2D eigenvalue weighted by Gasteiger charge is 1.97. The number of halogens is 1. The Morgan fingerprint density at radius 2 is 2.00 bits per heavy atom. The molecule has 0 bridgehead atoms. The van der Waals surface area contributed by atoms with E-state index in [-0.39, 0.29) is 5.56 Å². The van der Waals surface area contributed by atoms with Crippen LogP contribution in [0.3, 0.4) is 0 Å². The fraction of sp³-hybridized carbons (Fsp3) is 0.455. The lowest BCUT2D eigenvalue weighted by Crippen LogP contribution is -1.94. The van der Waals surface area contributed by atoms with E-state index in [1.54, 1.807) is 0 Å². The lowest BCUT2D eigenvalue weighted by molar-refractivity contribution is 0.0697. The number of unbranched alkanes of at least 4 members (excludes halogenated alkanes) is 2. The first-order valence-corrected chi connectivity index (χ1v) is 5.45. The average Bonchev–Trinajstić information content (AvgIpc) is 2.28. The van der Waals surface area contributed by atoms with Gasteiger partial charge < -0.3 is 5.11 Å². The smallest absolute Gasteiger partial charge is 0.335 e. The van der Waals surface area contributed by atoms with E-state index in [0.717, 1.165) is 5.88 Å². The number of hydrogen-bond acceptors (Lipinski definition) is 2. The summed E-state index contributed by atoms with van der Waals surface area (Å²) in [6.45, 7) is 2.17. The van der Waals surface area contributed by atoms with Gasteiger partial charge in [-0.2, -0.15) is 0 Å². The second-order valence-electron chi connectivity index (χ2n) is 2.94. The Labute approximate surface area is 95.1 Å². The standard InChI is InChI=1S/C6H5NO2.C5H11Cl/c8-6(9)5-1-3-7-4-2-5;1-2-3-4-5-6/h1-4H,(H,8,9);2-5H2,1H3. The zero-order valence-corrected chi connectivity index (χ0v) is 9.57. The Hall–Kier alpha value is -1.09. The largest absolute Gasteiger partial charge is 0.478 e. The number of aromatic nitrogens is 1. The molecular formula is C11H16ClNO2. The van der Waals surface area contributed by atoms with Gasteiger partial charge in [0.05, 0.1) is 5.56 Å². The third-order valence-corrected chi connectivity index (χ3v) is 1.93. The summed E-state index contributed by atoms with van der Waals surface area (Å²) in [6.07, 6.45) is 6.63. The van der Waals surface area contributed by atoms with Gasteiger partial charge in [0.15, 0.2) is 0 Å². The molecular weight excluding hydrogens is 214 g/mol. The third kappa shape index (κ3) is 7.94. The Morgan fingerprint density at radius 3 is 2.27 bits per heavy atom. The van der Waals surface area contributed by atoms with E-state index in [2.05, 4.69) is 11.9 Å². The molecule has 0 unspecified atom stereocenters. The van der Waals surface area contributed by atoms with Crippen LogP contribution in [0.15, 0.2) is 24.5 Å². The van der Waals surface area contributed by atoms with Crippen LogP contribution in [0.2, 0.25) is 0 Å². The molecule has 0 saturated heterocycles. The van der Waals surface area contributed by atoms with E-state index in [1.807, 2.05) is 0 Å². The van der Waals surface area contributed by atoms with Crippen molar-refractivity contribution in [1.82, 2.24) is 4.98 Å². The Morgan fingerprint density at radius 1 is 1.40 bits per heavy atom. The van der Waals surface area contributed by atoms with Crippen LogP contribution in [0.1, 0.15) is 36.5 Å². The molecule has 0 spiro atoms. The number of carboxylic acids is 1. The summed E-state index contributed by atoms with van der Waals surface area (Å²) in [4.78, 5) is 13.8. The molecule has 1 N–H and O–H groups in total. The summed E-state index contributed by atoms with van der Waals surface area (Å²) in [6, 6.07) is 2.89. The number of carboxylic acid groups (broad SMARTS) is 1. The number of alkyl halides is 1. The Balaban J connectivity index is 0.000000288. The molecule has 4 heteroatoms. The van der Waals surface area contributed by atoms with Crippen LogP contribution in [-0.4, -0.2) is 21.9 Å². The highest BCUT2D eigenvalue weighted by Crippen LogP contribution is 1.94. The van der Waals surface area contributed by atoms with Gasteiger partial charge in [-0.05, 0) is 18.6 Å². The minimum Gasteiger partial charge on any atom is -0.478 e.